The molecule has 0 radical (unpaired) electrons. The predicted molar refractivity (Wildman–Crippen MR) is 90.0 cm³/mol. The van der Waals surface area contributed by atoms with Crippen LogP contribution in [-0.2, 0) is 28.4 Å². The van der Waals surface area contributed by atoms with E-state index in [9.17, 15) is 5.21 Å². The molecule has 148 valence electrons. The fourth-order valence-corrected chi connectivity index (χ4v) is 4.24. The molecule has 3 heterocycles. The second kappa shape index (κ2) is 6.68. The lowest BCUT2D eigenvalue weighted by Crippen LogP contribution is -2.64. The maximum Gasteiger partial charge on any atom is 0.187 e. The minimum absolute atomic E-state index is 0.273. The Labute approximate surface area is 153 Å². The van der Waals surface area contributed by atoms with E-state index in [0.29, 0.717) is 12.3 Å². The van der Waals surface area contributed by atoms with Crippen LogP contribution in [0.15, 0.2) is 5.16 Å². The molecule has 8 nitrogen and oxygen atoms in total. The van der Waals surface area contributed by atoms with Crippen LogP contribution in [0.1, 0.15) is 53.4 Å². The smallest absolute Gasteiger partial charge is 0.187 e. The standard InChI is InChI=1S/C18H29NO7/c1-17(2)21-9-12-13(24-17)14-15(26-18(3,4)25-14)16(23-12)22-11-8-6-5-7-10(11)19-20/h11-16,20H,5-9H2,1-4H3/b19-10+/t11?,12-,13-,14+,15+,16?/m1/s1. The fourth-order valence-electron chi connectivity index (χ4n) is 4.24. The molecule has 0 bridgehead atoms. The van der Waals surface area contributed by atoms with E-state index in [1.165, 1.54) is 0 Å². The SMILES string of the molecule is CC1(C)OC[C@H]2OC(OC3CCCC/C3=N\O)[C@H]3OC(C)(C)O[C@H]3[C@@H]2O1. The first-order valence-electron chi connectivity index (χ1n) is 9.47. The Morgan fingerprint density at radius 3 is 2.50 bits per heavy atom. The van der Waals surface area contributed by atoms with Crippen LogP contribution >= 0.6 is 0 Å². The van der Waals surface area contributed by atoms with Crippen molar-refractivity contribution in [1.82, 2.24) is 0 Å². The van der Waals surface area contributed by atoms with E-state index in [1.807, 2.05) is 27.7 Å². The van der Waals surface area contributed by atoms with Crippen LogP contribution in [-0.4, -0.2) is 65.9 Å². The summed E-state index contributed by atoms with van der Waals surface area (Å²) in [7, 11) is 0. The van der Waals surface area contributed by atoms with E-state index in [1.54, 1.807) is 0 Å². The summed E-state index contributed by atoms with van der Waals surface area (Å²) in [5.41, 5.74) is 0.661. The Hall–Kier alpha value is -0.770. The summed E-state index contributed by atoms with van der Waals surface area (Å²) in [6.45, 7) is 7.92. The average molecular weight is 371 g/mol. The zero-order valence-electron chi connectivity index (χ0n) is 15.8. The van der Waals surface area contributed by atoms with Crippen LogP contribution in [0.5, 0.6) is 0 Å². The highest BCUT2D eigenvalue weighted by Gasteiger charge is 2.59. The van der Waals surface area contributed by atoms with Crippen molar-refractivity contribution in [2.75, 3.05) is 6.61 Å². The topological polar surface area (TPSA) is 88.0 Å². The minimum atomic E-state index is -0.749. The van der Waals surface area contributed by atoms with Gasteiger partial charge < -0.3 is 33.6 Å². The van der Waals surface area contributed by atoms with Crippen molar-refractivity contribution in [2.24, 2.45) is 5.16 Å². The molecule has 4 fully saturated rings. The summed E-state index contributed by atoms with van der Waals surface area (Å²) >= 11 is 0. The molecule has 26 heavy (non-hydrogen) atoms. The summed E-state index contributed by atoms with van der Waals surface area (Å²) in [6.07, 6.45) is 1.35. The van der Waals surface area contributed by atoms with Gasteiger partial charge in [0.2, 0.25) is 0 Å². The molecule has 1 saturated carbocycles. The molecule has 0 aromatic rings. The molecule has 3 saturated heterocycles. The lowest BCUT2D eigenvalue weighted by Gasteiger charge is -2.48. The number of rotatable bonds is 2. The zero-order chi connectivity index (χ0) is 18.5. The van der Waals surface area contributed by atoms with E-state index < -0.39 is 24.0 Å². The average Bonchev–Trinajstić information content (AvgIpc) is 2.91. The van der Waals surface area contributed by atoms with Crippen LogP contribution in [0, 0.1) is 0 Å². The third-order valence-electron chi connectivity index (χ3n) is 5.39. The second-order valence-electron chi connectivity index (χ2n) is 8.36. The van der Waals surface area contributed by atoms with Crippen molar-refractivity contribution in [3.05, 3.63) is 0 Å². The molecule has 0 spiro atoms. The fraction of sp³-hybridized carbons (Fsp3) is 0.944. The summed E-state index contributed by atoms with van der Waals surface area (Å²) in [6, 6.07) is 0. The monoisotopic (exact) mass is 371 g/mol. The summed E-state index contributed by atoms with van der Waals surface area (Å²) in [5.74, 6) is -1.44. The molecule has 4 rings (SSSR count). The predicted octanol–water partition coefficient (Wildman–Crippen LogP) is 2.17. The number of oxime groups is 1. The van der Waals surface area contributed by atoms with Gasteiger partial charge in [0.25, 0.3) is 0 Å². The Bertz CT molecular complexity index is 564. The third-order valence-corrected chi connectivity index (χ3v) is 5.39. The van der Waals surface area contributed by atoms with Crippen LogP contribution in [0.2, 0.25) is 0 Å². The first-order chi connectivity index (χ1) is 12.3. The van der Waals surface area contributed by atoms with Crippen molar-refractivity contribution in [3.63, 3.8) is 0 Å². The van der Waals surface area contributed by atoms with Gasteiger partial charge in [-0.2, -0.15) is 0 Å². The number of nitrogens with zero attached hydrogens (tertiary/aromatic N) is 1. The van der Waals surface area contributed by atoms with Gasteiger partial charge in [-0.05, 0) is 47.0 Å². The van der Waals surface area contributed by atoms with E-state index in [2.05, 4.69) is 5.16 Å². The largest absolute Gasteiger partial charge is 0.411 e. The molecule has 8 heteroatoms. The Morgan fingerprint density at radius 2 is 1.73 bits per heavy atom. The highest BCUT2D eigenvalue weighted by Crippen LogP contribution is 2.42. The van der Waals surface area contributed by atoms with Crippen LogP contribution < -0.4 is 0 Å². The lowest BCUT2D eigenvalue weighted by atomic mass is 9.94. The Morgan fingerprint density at radius 1 is 1.00 bits per heavy atom. The van der Waals surface area contributed by atoms with Crippen molar-refractivity contribution in [1.29, 1.82) is 0 Å². The molecule has 3 aliphatic heterocycles. The molecule has 0 aromatic heterocycles. The molecular weight excluding hydrogens is 342 g/mol. The van der Waals surface area contributed by atoms with Gasteiger partial charge in [-0.1, -0.05) is 11.6 Å². The quantitative estimate of drug-likeness (QED) is 0.588. The van der Waals surface area contributed by atoms with Gasteiger partial charge in [0.05, 0.1) is 12.3 Å². The van der Waals surface area contributed by atoms with Gasteiger partial charge in [0.15, 0.2) is 17.9 Å². The summed E-state index contributed by atoms with van der Waals surface area (Å²) < 4.78 is 36.5. The Balaban J connectivity index is 1.55. The Kier molecular flexibility index (Phi) is 4.78. The van der Waals surface area contributed by atoms with Gasteiger partial charge >= 0.3 is 0 Å². The van der Waals surface area contributed by atoms with E-state index >= 15 is 0 Å². The number of hydrogen-bond donors (Lipinski definition) is 1. The van der Waals surface area contributed by atoms with E-state index in [4.69, 9.17) is 28.4 Å². The van der Waals surface area contributed by atoms with E-state index in [0.717, 1.165) is 25.7 Å². The van der Waals surface area contributed by atoms with Gasteiger partial charge in [-0.25, -0.2) is 0 Å². The molecule has 6 atom stereocenters. The third kappa shape index (κ3) is 3.50. The zero-order valence-corrected chi connectivity index (χ0v) is 15.8. The van der Waals surface area contributed by atoms with Crippen LogP contribution in [0.25, 0.3) is 0 Å². The summed E-state index contributed by atoms with van der Waals surface area (Å²) in [5, 5.41) is 12.7. The first kappa shape index (κ1) is 18.6. The van der Waals surface area contributed by atoms with Gasteiger partial charge in [-0.3, -0.25) is 0 Å². The molecule has 4 aliphatic rings. The van der Waals surface area contributed by atoms with Crippen LogP contribution in [0.4, 0.5) is 0 Å². The molecule has 0 amide bonds. The van der Waals surface area contributed by atoms with Crippen molar-refractivity contribution in [2.45, 2.75) is 102 Å². The highest BCUT2D eigenvalue weighted by atomic mass is 16.8. The second-order valence-corrected chi connectivity index (χ2v) is 8.36. The summed E-state index contributed by atoms with van der Waals surface area (Å²) in [4.78, 5) is 0. The van der Waals surface area contributed by atoms with Gasteiger partial charge in [-0.15, -0.1) is 0 Å². The molecule has 0 aromatic carbocycles. The van der Waals surface area contributed by atoms with Crippen LogP contribution in [0.3, 0.4) is 0 Å². The normalized spacial score (nSPS) is 45.9. The molecule has 2 unspecified atom stereocenters. The molecule has 1 N–H and O–H groups in total. The molecular formula is C18H29NO7. The minimum Gasteiger partial charge on any atom is -0.411 e. The highest BCUT2D eigenvalue weighted by molar-refractivity contribution is 5.88. The van der Waals surface area contributed by atoms with Gasteiger partial charge in [0, 0.05) is 0 Å². The van der Waals surface area contributed by atoms with E-state index in [-0.39, 0.29) is 24.4 Å². The molecule has 1 aliphatic carbocycles. The maximum absolute atomic E-state index is 9.28. The van der Waals surface area contributed by atoms with Crippen molar-refractivity contribution in [3.8, 4) is 0 Å². The van der Waals surface area contributed by atoms with Gasteiger partial charge in [0.1, 0.15) is 30.5 Å². The van der Waals surface area contributed by atoms with Crippen molar-refractivity contribution >= 4 is 5.71 Å². The van der Waals surface area contributed by atoms with Crippen molar-refractivity contribution < 1.29 is 33.6 Å². The number of ether oxygens (including phenoxy) is 6. The first-order valence-corrected chi connectivity index (χ1v) is 9.47. The number of hydrogen-bond acceptors (Lipinski definition) is 8. The number of fused-ring (bicyclic) bond motifs is 3. The maximum atomic E-state index is 9.28. The lowest BCUT2D eigenvalue weighted by molar-refractivity contribution is -0.372.